The van der Waals surface area contributed by atoms with E-state index in [0.29, 0.717) is 12.2 Å². The van der Waals surface area contributed by atoms with E-state index < -0.39 is 24.6 Å². The number of benzene rings is 1. The Kier molecular flexibility index (Phi) is 4.38. The first-order valence-corrected chi connectivity index (χ1v) is 7.71. The fourth-order valence-electron chi connectivity index (χ4n) is 2.98. The second-order valence-corrected chi connectivity index (χ2v) is 5.92. The molecule has 0 saturated carbocycles. The average Bonchev–Trinajstić information content (AvgIpc) is 2.96. The summed E-state index contributed by atoms with van der Waals surface area (Å²) in [6, 6.07) is 7.41. The van der Waals surface area contributed by atoms with Crippen molar-refractivity contribution < 1.29 is 27.5 Å². The van der Waals surface area contributed by atoms with Crippen molar-refractivity contribution in [2.75, 3.05) is 26.2 Å². The van der Waals surface area contributed by atoms with Crippen molar-refractivity contribution in [2.45, 2.75) is 25.1 Å². The van der Waals surface area contributed by atoms with Gasteiger partial charge in [0.2, 0.25) is 5.91 Å². The Balaban J connectivity index is 1.52. The smallest absolute Gasteiger partial charge is 0.397 e. The van der Waals surface area contributed by atoms with Crippen molar-refractivity contribution >= 4 is 11.8 Å². The molecule has 2 heterocycles. The second-order valence-electron chi connectivity index (χ2n) is 5.92. The molecule has 1 aromatic rings. The number of ether oxygens (including phenoxy) is 1. The summed E-state index contributed by atoms with van der Waals surface area (Å²) in [5.74, 6) is -0.442. The SMILES string of the molecule is O=C(CC(F)(F)F)N1CCN(C(=O)C2Cc3ccccc3O2)CC1. The molecule has 2 amide bonds. The van der Waals surface area contributed by atoms with Gasteiger partial charge in [0.05, 0.1) is 0 Å². The van der Waals surface area contributed by atoms with Gasteiger partial charge in [-0.1, -0.05) is 18.2 Å². The number of hydrogen-bond donors (Lipinski definition) is 0. The van der Waals surface area contributed by atoms with Crippen LogP contribution in [0.4, 0.5) is 13.2 Å². The van der Waals surface area contributed by atoms with E-state index >= 15 is 0 Å². The molecule has 1 atom stereocenters. The van der Waals surface area contributed by atoms with E-state index in [1.165, 1.54) is 0 Å². The number of para-hydroxylation sites is 1. The Morgan fingerprint density at radius 1 is 1.08 bits per heavy atom. The second kappa shape index (κ2) is 6.33. The maximum atomic E-state index is 12.5. The first-order chi connectivity index (χ1) is 11.3. The molecule has 1 unspecified atom stereocenters. The van der Waals surface area contributed by atoms with E-state index in [4.69, 9.17) is 4.74 Å². The van der Waals surface area contributed by atoms with Gasteiger partial charge in [-0.05, 0) is 11.6 Å². The van der Waals surface area contributed by atoms with E-state index in [1.54, 1.807) is 11.0 Å². The number of amides is 2. The monoisotopic (exact) mass is 342 g/mol. The molecule has 0 N–H and O–H groups in total. The Labute approximate surface area is 137 Å². The molecule has 1 saturated heterocycles. The molecule has 5 nitrogen and oxygen atoms in total. The molecule has 1 fully saturated rings. The van der Waals surface area contributed by atoms with Crippen LogP contribution in [0.2, 0.25) is 0 Å². The highest BCUT2D eigenvalue weighted by Gasteiger charge is 2.37. The van der Waals surface area contributed by atoms with Crippen LogP contribution in [0.3, 0.4) is 0 Å². The Morgan fingerprint density at radius 3 is 2.33 bits per heavy atom. The van der Waals surface area contributed by atoms with Crippen molar-refractivity contribution in [3.63, 3.8) is 0 Å². The summed E-state index contributed by atoms with van der Waals surface area (Å²) < 4.78 is 42.5. The van der Waals surface area contributed by atoms with Gasteiger partial charge in [-0.3, -0.25) is 9.59 Å². The number of fused-ring (bicyclic) bond motifs is 1. The molecular formula is C16H17F3N2O3. The zero-order chi connectivity index (χ0) is 17.3. The van der Waals surface area contributed by atoms with Crippen LogP contribution in [0.15, 0.2) is 24.3 Å². The first kappa shape index (κ1) is 16.6. The fourth-order valence-corrected chi connectivity index (χ4v) is 2.98. The van der Waals surface area contributed by atoms with Crippen molar-refractivity contribution in [1.82, 2.24) is 9.80 Å². The Bertz CT molecular complexity index is 615. The number of carbonyl (C=O) groups is 2. The number of carbonyl (C=O) groups excluding carboxylic acids is 2. The summed E-state index contributed by atoms with van der Waals surface area (Å²) in [6.07, 6.45) is -6.07. The van der Waals surface area contributed by atoms with Gasteiger partial charge in [0.1, 0.15) is 12.2 Å². The Hall–Kier alpha value is -2.25. The normalized spacial score (nSPS) is 20.5. The van der Waals surface area contributed by atoms with Crippen LogP contribution in [-0.4, -0.2) is 60.1 Å². The third-order valence-corrected chi connectivity index (χ3v) is 4.22. The summed E-state index contributed by atoms with van der Waals surface area (Å²) in [5.41, 5.74) is 0.967. The van der Waals surface area contributed by atoms with Gasteiger partial charge in [-0.25, -0.2) is 0 Å². The minimum Gasteiger partial charge on any atom is -0.480 e. The third-order valence-electron chi connectivity index (χ3n) is 4.22. The first-order valence-electron chi connectivity index (χ1n) is 7.71. The highest BCUT2D eigenvalue weighted by Crippen LogP contribution is 2.29. The summed E-state index contributed by atoms with van der Waals surface area (Å²) >= 11 is 0. The largest absolute Gasteiger partial charge is 0.480 e. The molecule has 2 aliphatic heterocycles. The Morgan fingerprint density at radius 2 is 1.71 bits per heavy atom. The van der Waals surface area contributed by atoms with Gasteiger partial charge in [-0.15, -0.1) is 0 Å². The lowest BCUT2D eigenvalue weighted by atomic mass is 10.1. The molecule has 0 aliphatic carbocycles. The molecule has 3 rings (SSSR count). The predicted molar refractivity (Wildman–Crippen MR) is 78.4 cm³/mol. The molecule has 8 heteroatoms. The third kappa shape index (κ3) is 3.63. The highest BCUT2D eigenvalue weighted by molar-refractivity contribution is 5.83. The lowest BCUT2D eigenvalue weighted by Gasteiger charge is -2.35. The summed E-state index contributed by atoms with van der Waals surface area (Å²) in [5, 5.41) is 0. The van der Waals surface area contributed by atoms with Crippen molar-refractivity contribution in [3.05, 3.63) is 29.8 Å². The minimum atomic E-state index is -4.51. The van der Waals surface area contributed by atoms with Gasteiger partial charge >= 0.3 is 6.18 Å². The molecule has 1 aromatic carbocycles. The fraction of sp³-hybridized carbons (Fsp3) is 0.500. The molecule has 0 spiro atoms. The number of nitrogens with zero attached hydrogens (tertiary/aromatic N) is 2. The number of rotatable bonds is 2. The van der Waals surface area contributed by atoms with Crippen molar-refractivity contribution in [2.24, 2.45) is 0 Å². The quantitative estimate of drug-likeness (QED) is 0.821. The highest BCUT2D eigenvalue weighted by atomic mass is 19.4. The summed E-state index contributed by atoms with van der Waals surface area (Å²) in [4.78, 5) is 26.8. The molecule has 0 radical (unpaired) electrons. The van der Waals surface area contributed by atoms with Crippen LogP contribution in [0.25, 0.3) is 0 Å². The number of halogens is 3. The van der Waals surface area contributed by atoms with E-state index in [-0.39, 0.29) is 32.1 Å². The molecule has 2 aliphatic rings. The zero-order valence-corrected chi connectivity index (χ0v) is 12.9. The minimum absolute atomic E-state index is 0.111. The van der Waals surface area contributed by atoms with Crippen LogP contribution < -0.4 is 4.74 Å². The lowest BCUT2D eigenvalue weighted by molar-refractivity contribution is -0.163. The number of piperazine rings is 1. The van der Waals surface area contributed by atoms with Gasteiger partial charge in [0, 0.05) is 32.6 Å². The molecule has 0 bridgehead atoms. The standard InChI is InChI=1S/C16H17F3N2O3/c17-16(18,19)10-14(22)20-5-7-21(8-6-20)15(23)13-9-11-3-1-2-4-12(11)24-13/h1-4,13H,5-10H2. The topological polar surface area (TPSA) is 49.9 Å². The number of hydrogen-bond acceptors (Lipinski definition) is 3. The van der Waals surface area contributed by atoms with E-state index in [1.807, 2.05) is 18.2 Å². The van der Waals surface area contributed by atoms with Gasteiger partial charge in [-0.2, -0.15) is 13.2 Å². The maximum absolute atomic E-state index is 12.5. The van der Waals surface area contributed by atoms with Gasteiger partial charge in [0.25, 0.3) is 5.91 Å². The lowest BCUT2D eigenvalue weighted by Crippen LogP contribution is -2.54. The van der Waals surface area contributed by atoms with E-state index in [2.05, 4.69) is 0 Å². The number of alkyl halides is 3. The molecule has 24 heavy (non-hydrogen) atoms. The predicted octanol–water partition coefficient (Wildman–Crippen LogP) is 1.61. The van der Waals surface area contributed by atoms with Crippen LogP contribution in [0.5, 0.6) is 5.75 Å². The van der Waals surface area contributed by atoms with Crippen LogP contribution in [-0.2, 0) is 16.0 Å². The van der Waals surface area contributed by atoms with E-state index in [9.17, 15) is 22.8 Å². The van der Waals surface area contributed by atoms with Crippen LogP contribution in [0.1, 0.15) is 12.0 Å². The molecule has 0 aromatic heterocycles. The van der Waals surface area contributed by atoms with Crippen LogP contribution in [0, 0.1) is 0 Å². The summed E-state index contributed by atoms with van der Waals surface area (Å²) in [7, 11) is 0. The molecule has 130 valence electrons. The van der Waals surface area contributed by atoms with Crippen molar-refractivity contribution in [1.29, 1.82) is 0 Å². The summed E-state index contributed by atoms with van der Waals surface area (Å²) in [6.45, 7) is 0.665. The van der Waals surface area contributed by atoms with Crippen molar-refractivity contribution in [3.8, 4) is 5.75 Å². The van der Waals surface area contributed by atoms with Gasteiger partial charge < -0.3 is 14.5 Å². The average molecular weight is 342 g/mol. The maximum Gasteiger partial charge on any atom is 0.397 e. The zero-order valence-electron chi connectivity index (χ0n) is 12.9. The van der Waals surface area contributed by atoms with Gasteiger partial charge in [0.15, 0.2) is 6.10 Å². The molecular weight excluding hydrogens is 325 g/mol. The van der Waals surface area contributed by atoms with E-state index in [0.717, 1.165) is 10.5 Å². The van der Waals surface area contributed by atoms with Crippen LogP contribution >= 0.6 is 0 Å².